The molecule has 1 aliphatic rings. The highest BCUT2D eigenvalue weighted by Crippen LogP contribution is 2.18. The molecular weight excluding hydrogens is 282 g/mol. The van der Waals surface area contributed by atoms with Crippen LogP contribution in [0.2, 0.25) is 0 Å². The SMILES string of the molecule is Nc1ccc(S(=O)(=O)N2CCN(CC(=O)O)CC2)cc1. The van der Waals surface area contributed by atoms with Gasteiger partial charge < -0.3 is 10.8 Å². The molecule has 2 rings (SSSR count). The van der Waals surface area contributed by atoms with Crippen molar-refractivity contribution in [2.24, 2.45) is 0 Å². The molecule has 1 aromatic carbocycles. The summed E-state index contributed by atoms with van der Waals surface area (Å²) >= 11 is 0. The van der Waals surface area contributed by atoms with Crippen LogP contribution in [0.25, 0.3) is 0 Å². The first-order valence-electron chi connectivity index (χ1n) is 6.19. The molecule has 0 amide bonds. The molecule has 0 bridgehead atoms. The van der Waals surface area contributed by atoms with E-state index in [9.17, 15) is 13.2 Å². The van der Waals surface area contributed by atoms with E-state index in [0.717, 1.165) is 0 Å². The minimum absolute atomic E-state index is 0.0598. The third-order valence-electron chi connectivity index (χ3n) is 3.21. The first-order valence-corrected chi connectivity index (χ1v) is 7.63. The lowest BCUT2D eigenvalue weighted by molar-refractivity contribution is -0.138. The summed E-state index contributed by atoms with van der Waals surface area (Å²) in [5.74, 6) is -0.903. The number of rotatable bonds is 4. The van der Waals surface area contributed by atoms with Crippen molar-refractivity contribution in [2.45, 2.75) is 4.90 Å². The van der Waals surface area contributed by atoms with E-state index in [4.69, 9.17) is 10.8 Å². The van der Waals surface area contributed by atoms with Crippen LogP contribution in [0.5, 0.6) is 0 Å². The second kappa shape index (κ2) is 5.78. The number of carboxylic acids is 1. The van der Waals surface area contributed by atoms with Crippen molar-refractivity contribution in [3.63, 3.8) is 0 Å². The predicted octanol–water partition coefficient (Wildman–Crippen LogP) is -0.340. The third kappa shape index (κ3) is 3.27. The molecule has 20 heavy (non-hydrogen) atoms. The van der Waals surface area contributed by atoms with E-state index in [1.54, 1.807) is 17.0 Å². The summed E-state index contributed by atoms with van der Waals surface area (Å²) in [6.07, 6.45) is 0. The first kappa shape index (κ1) is 14.8. The van der Waals surface area contributed by atoms with Crippen molar-refractivity contribution in [1.82, 2.24) is 9.21 Å². The number of nitrogen functional groups attached to an aromatic ring is 1. The highest BCUT2D eigenvalue weighted by Gasteiger charge is 2.28. The molecule has 8 heteroatoms. The molecule has 7 nitrogen and oxygen atoms in total. The van der Waals surface area contributed by atoms with Crippen molar-refractivity contribution >= 4 is 21.7 Å². The number of carboxylic acid groups (broad SMARTS) is 1. The number of nitrogens with two attached hydrogens (primary N) is 1. The highest BCUT2D eigenvalue weighted by molar-refractivity contribution is 7.89. The van der Waals surface area contributed by atoms with Gasteiger partial charge in [-0.3, -0.25) is 9.69 Å². The molecule has 0 saturated carbocycles. The van der Waals surface area contributed by atoms with Gasteiger partial charge in [0.2, 0.25) is 10.0 Å². The summed E-state index contributed by atoms with van der Waals surface area (Å²) in [6.45, 7) is 1.36. The third-order valence-corrected chi connectivity index (χ3v) is 5.12. The lowest BCUT2D eigenvalue weighted by atomic mass is 10.3. The summed E-state index contributed by atoms with van der Waals surface area (Å²) in [5, 5.41) is 8.71. The van der Waals surface area contributed by atoms with Gasteiger partial charge in [0.25, 0.3) is 0 Å². The van der Waals surface area contributed by atoms with Crippen LogP contribution in [0.3, 0.4) is 0 Å². The van der Waals surface area contributed by atoms with Crippen molar-refractivity contribution in [3.8, 4) is 0 Å². The lowest BCUT2D eigenvalue weighted by Crippen LogP contribution is -2.49. The molecular formula is C12H17N3O4S. The fourth-order valence-electron chi connectivity index (χ4n) is 2.11. The van der Waals surface area contributed by atoms with E-state index in [-0.39, 0.29) is 11.4 Å². The lowest BCUT2D eigenvalue weighted by Gasteiger charge is -2.32. The number of anilines is 1. The van der Waals surface area contributed by atoms with E-state index in [1.165, 1.54) is 16.4 Å². The van der Waals surface area contributed by atoms with Crippen LogP contribution in [-0.4, -0.2) is 61.4 Å². The van der Waals surface area contributed by atoms with E-state index < -0.39 is 16.0 Å². The Bertz CT molecular complexity index is 577. The van der Waals surface area contributed by atoms with Gasteiger partial charge in [0, 0.05) is 31.9 Å². The molecule has 3 N–H and O–H groups in total. The largest absolute Gasteiger partial charge is 0.480 e. The average Bonchev–Trinajstić information content (AvgIpc) is 2.39. The minimum atomic E-state index is -3.53. The van der Waals surface area contributed by atoms with E-state index >= 15 is 0 Å². The quantitative estimate of drug-likeness (QED) is 0.737. The Labute approximate surface area is 117 Å². The number of sulfonamides is 1. The second-order valence-corrected chi connectivity index (χ2v) is 6.58. The van der Waals surface area contributed by atoms with E-state index in [0.29, 0.717) is 31.9 Å². The Balaban J connectivity index is 2.05. The zero-order chi connectivity index (χ0) is 14.8. The Kier molecular flexibility index (Phi) is 4.26. The molecule has 0 aromatic heterocycles. The average molecular weight is 299 g/mol. The number of benzene rings is 1. The molecule has 110 valence electrons. The van der Waals surface area contributed by atoms with Crippen LogP contribution in [0, 0.1) is 0 Å². The molecule has 0 spiro atoms. The van der Waals surface area contributed by atoms with Gasteiger partial charge in [0.15, 0.2) is 0 Å². The van der Waals surface area contributed by atoms with Gasteiger partial charge in [-0.2, -0.15) is 4.31 Å². The molecule has 0 atom stereocenters. The Morgan fingerprint density at radius 3 is 2.20 bits per heavy atom. The maximum absolute atomic E-state index is 12.4. The van der Waals surface area contributed by atoms with Gasteiger partial charge in [0.1, 0.15) is 0 Å². The monoisotopic (exact) mass is 299 g/mol. The molecule has 1 fully saturated rings. The number of hydrogen-bond acceptors (Lipinski definition) is 5. The van der Waals surface area contributed by atoms with Gasteiger partial charge in [-0.1, -0.05) is 0 Å². The maximum atomic E-state index is 12.4. The predicted molar refractivity (Wildman–Crippen MR) is 73.7 cm³/mol. The Morgan fingerprint density at radius 1 is 1.15 bits per heavy atom. The van der Waals surface area contributed by atoms with Gasteiger partial charge in [-0.25, -0.2) is 8.42 Å². The fourth-order valence-corrected chi connectivity index (χ4v) is 3.53. The van der Waals surface area contributed by atoms with Crippen LogP contribution >= 0.6 is 0 Å². The van der Waals surface area contributed by atoms with Gasteiger partial charge in [-0.15, -0.1) is 0 Å². The second-order valence-electron chi connectivity index (χ2n) is 4.64. The van der Waals surface area contributed by atoms with Crippen LogP contribution in [-0.2, 0) is 14.8 Å². The van der Waals surface area contributed by atoms with Gasteiger partial charge in [0.05, 0.1) is 11.4 Å². The van der Waals surface area contributed by atoms with Crippen molar-refractivity contribution < 1.29 is 18.3 Å². The zero-order valence-corrected chi connectivity index (χ0v) is 11.7. The van der Waals surface area contributed by atoms with Crippen LogP contribution < -0.4 is 5.73 Å². The summed E-state index contributed by atoms with van der Waals surface area (Å²) in [7, 11) is -3.53. The zero-order valence-electron chi connectivity index (χ0n) is 10.9. The smallest absolute Gasteiger partial charge is 0.317 e. The first-order chi connectivity index (χ1) is 9.39. The molecule has 0 radical (unpaired) electrons. The van der Waals surface area contributed by atoms with E-state index in [1.807, 2.05) is 0 Å². The minimum Gasteiger partial charge on any atom is -0.480 e. The van der Waals surface area contributed by atoms with Crippen LogP contribution in [0.15, 0.2) is 29.2 Å². The molecule has 1 aliphatic heterocycles. The molecule has 1 heterocycles. The topological polar surface area (TPSA) is 104 Å². The fraction of sp³-hybridized carbons (Fsp3) is 0.417. The standard InChI is InChI=1S/C12H17N3O4S/c13-10-1-3-11(4-2-10)20(18,19)15-7-5-14(6-8-15)9-12(16)17/h1-4H,5-9,13H2,(H,16,17). The number of piperazine rings is 1. The Morgan fingerprint density at radius 2 is 1.70 bits per heavy atom. The summed E-state index contributed by atoms with van der Waals surface area (Å²) in [5.41, 5.74) is 6.05. The Hall–Kier alpha value is -1.64. The summed E-state index contributed by atoms with van der Waals surface area (Å²) in [4.78, 5) is 12.5. The molecule has 1 aromatic rings. The van der Waals surface area contributed by atoms with Crippen molar-refractivity contribution in [3.05, 3.63) is 24.3 Å². The summed E-state index contributed by atoms with van der Waals surface area (Å²) in [6, 6.07) is 6.06. The normalized spacial score (nSPS) is 18.0. The molecule has 1 saturated heterocycles. The van der Waals surface area contributed by atoms with Crippen LogP contribution in [0.4, 0.5) is 5.69 Å². The number of aliphatic carboxylic acids is 1. The molecule has 0 aliphatic carbocycles. The van der Waals surface area contributed by atoms with Crippen molar-refractivity contribution in [1.29, 1.82) is 0 Å². The molecule has 0 unspecified atom stereocenters. The van der Waals surface area contributed by atoms with Gasteiger partial charge in [-0.05, 0) is 24.3 Å². The highest BCUT2D eigenvalue weighted by atomic mass is 32.2. The van der Waals surface area contributed by atoms with Crippen LogP contribution in [0.1, 0.15) is 0 Å². The number of hydrogen-bond donors (Lipinski definition) is 2. The van der Waals surface area contributed by atoms with Gasteiger partial charge >= 0.3 is 5.97 Å². The maximum Gasteiger partial charge on any atom is 0.317 e. The summed E-state index contributed by atoms with van der Waals surface area (Å²) < 4.78 is 26.1. The number of carbonyl (C=O) groups is 1. The van der Waals surface area contributed by atoms with E-state index in [2.05, 4.69) is 0 Å². The number of nitrogens with zero attached hydrogens (tertiary/aromatic N) is 2. The van der Waals surface area contributed by atoms with Crippen molar-refractivity contribution in [2.75, 3.05) is 38.5 Å².